The van der Waals surface area contributed by atoms with E-state index in [9.17, 15) is 0 Å². The highest BCUT2D eigenvalue weighted by Crippen LogP contribution is 2.44. The molecule has 2 heteroatoms. The van der Waals surface area contributed by atoms with Crippen molar-refractivity contribution in [1.29, 1.82) is 0 Å². The Kier molecular flexibility index (Phi) is 11.6. The number of benzene rings is 4. The van der Waals surface area contributed by atoms with Crippen molar-refractivity contribution in [2.24, 2.45) is 0 Å². The molecule has 0 nitrogen and oxygen atoms in total. The van der Waals surface area contributed by atoms with Crippen LogP contribution in [0.3, 0.4) is 0 Å². The Morgan fingerprint density at radius 2 is 1.22 bits per heavy atom. The van der Waals surface area contributed by atoms with Gasteiger partial charge < -0.3 is 0 Å². The fraction of sp³-hybridized carbons (Fsp3) is 0.132. The first kappa shape index (κ1) is 37.8. The number of rotatable bonds is 9. The first-order valence-electron chi connectivity index (χ1n) is 19.2. The lowest BCUT2D eigenvalue weighted by atomic mass is 9.94. The highest BCUT2D eigenvalue weighted by molar-refractivity contribution is 7.31. The van der Waals surface area contributed by atoms with Crippen LogP contribution in [0, 0.1) is 0 Å². The van der Waals surface area contributed by atoms with Crippen molar-refractivity contribution in [3.05, 3.63) is 190 Å². The Hall–Kier alpha value is -5.54. The first-order valence-corrected chi connectivity index (χ1v) is 20.8. The summed E-state index contributed by atoms with van der Waals surface area (Å²) >= 11 is 3.86. The van der Waals surface area contributed by atoms with E-state index in [0.29, 0.717) is 0 Å². The molecule has 0 aliphatic rings. The van der Waals surface area contributed by atoms with E-state index in [1.54, 1.807) is 0 Å². The van der Waals surface area contributed by atoms with Crippen LogP contribution >= 0.6 is 22.7 Å². The SMILES string of the molecule is C=C(/C=C\CC)/C(C)=C\C(=C)c1ccccccc(/C(C)=C/C(=C\C)C/C=c2\c(=C/C)sc3c4sc5ccccc5c4c4ccccc4c23)c2ccccc12. The van der Waals surface area contributed by atoms with Crippen molar-refractivity contribution in [1.82, 2.24) is 0 Å². The second kappa shape index (κ2) is 16.9. The summed E-state index contributed by atoms with van der Waals surface area (Å²) in [5.41, 5.74) is 7.86. The minimum Gasteiger partial charge on any atom is -0.134 e. The summed E-state index contributed by atoms with van der Waals surface area (Å²) < 4.78 is 5.47. The average Bonchev–Trinajstić information content (AvgIpc) is 3.79. The molecule has 0 aliphatic heterocycles. The molecule has 0 aliphatic carbocycles. The molecule has 0 unspecified atom stereocenters. The molecule has 55 heavy (non-hydrogen) atoms. The standard InChI is InChI=1S/C53H48S2/c1-8-11-22-35(4)36(5)33-37(6)40-23-14-12-13-15-24-41(43-26-17-16-25-42(40)43)38(7)34-39(9-2)31-32-47-48(10-3)54-52-51(47)45-28-19-18-27-44(45)50-46-29-20-21-30-49(46)55-53(50)52/h9-30,32-34H,4,6,8,31H2,1-3,5,7H3/b13-12?,14-12?,15-13?,22-11-,23-14?,24-15?,36-33-,38-34+,39-9-,40-23?,41-24?,42-40?,43-41?,47-32+,48-10+. The zero-order chi connectivity index (χ0) is 38.5. The third kappa shape index (κ3) is 7.58. The summed E-state index contributed by atoms with van der Waals surface area (Å²) in [4.78, 5) is 0. The predicted octanol–water partition coefficient (Wildman–Crippen LogP) is 15.2. The molecule has 2 heterocycles. The van der Waals surface area contributed by atoms with E-state index < -0.39 is 0 Å². The summed E-state index contributed by atoms with van der Waals surface area (Å²) in [6.07, 6.45) is 17.6. The van der Waals surface area contributed by atoms with Gasteiger partial charge >= 0.3 is 0 Å². The molecule has 0 N–H and O–H groups in total. The third-order valence-electron chi connectivity index (χ3n) is 10.4. The van der Waals surface area contributed by atoms with Gasteiger partial charge in [-0.15, -0.1) is 22.7 Å². The van der Waals surface area contributed by atoms with Crippen LogP contribution < -0.4 is 9.75 Å². The maximum Gasteiger partial charge on any atom is 0.0540 e. The minimum absolute atomic E-state index is 0.829. The molecule has 0 bridgehead atoms. The van der Waals surface area contributed by atoms with Crippen LogP contribution in [0.25, 0.3) is 75.1 Å². The van der Waals surface area contributed by atoms with E-state index in [1.807, 2.05) is 22.7 Å². The van der Waals surface area contributed by atoms with Crippen LogP contribution in [0.2, 0.25) is 0 Å². The van der Waals surface area contributed by atoms with E-state index in [2.05, 4.69) is 200 Å². The van der Waals surface area contributed by atoms with Crippen molar-refractivity contribution in [2.45, 2.75) is 47.5 Å². The molecule has 0 radical (unpaired) electrons. The Morgan fingerprint density at radius 3 is 1.89 bits per heavy atom. The van der Waals surface area contributed by atoms with Crippen molar-refractivity contribution in [3.8, 4) is 0 Å². The number of fused-ring (bicyclic) bond motifs is 9. The van der Waals surface area contributed by atoms with Crippen molar-refractivity contribution < 1.29 is 0 Å². The molecule has 0 fully saturated rings. The fourth-order valence-corrected chi connectivity index (χ4v) is 10.1. The lowest BCUT2D eigenvalue weighted by molar-refractivity contribution is 1.22. The molecule has 0 amide bonds. The van der Waals surface area contributed by atoms with E-state index in [4.69, 9.17) is 0 Å². The molecule has 7 rings (SSSR count). The fourth-order valence-electron chi connectivity index (χ4n) is 7.55. The number of allylic oxidation sites excluding steroid dienone is 10. The molecule has 0 atom stereocenters. The van der Waals surface area contributed by atoms with Gasteiger partial charge in [0, 0.05) is 25.4 Å². The van der Waals surface area contributed by atoms with Crippen LogP contribution in [0.5, 0.6) is 0 Å². The summed E-state index contributed by atoms with van der Waals surface area (Å²) in [7, 11) is 0. The number of thiophene rings is 2. The van der Waals surface area contributed by atoms with Gasteiger partial charge in [-0.2, -0.15) is 0 Å². The Bertz CT molecular complexity index is 2950. The van der Waals surface area contributed by atoms with Crippen LogP contribution in [-0.2, 0) is 0 Å². The number of hydrogen-bond donors (Lipinski definition) is 0. The zero-order valence-corrected chi connectivity index (χ0v) is 34.2. The Morgan fingerprint density at radius 1 is 0.636 bits per heavy atom. The maximum atomic E-state index is 4.56. The topological polar surface area (TPSA) is 0 Å². The molecular weight excluding hydrogens is 701 g/mol. The third-order valence-corrected chi connectivity index (χ3v) is 13.0. The molecule has 0 spiro atoms. The first-order chi connectivity index (χ1) is 26.8. The van der Waals surface area contributed by atoms with Gasteiger partial charge in [-0.3, -0.25) is 0 Å². The molecule has 0 saturated heterocycles. The maximum absolute atomic E-state index is 4.56. The molecule has 0 saturated carbocycles. The largest absolute Gasteiger partial charge is 0.134 e. The van der Waals surface area contributed by atoms with Crippen LogP contribution in [0.4, 0.5) is 0 Å². The van der Waals surface area contributed by atoms with Crippen molar-refractivity contribution in [2.75, 3.05) is 0 Å². The van der Waals surface area contributed by atoms with E-state index >= 15 is 0 Å². The Labute approximate surface area is 333 Å². The lowest BCUT2D eigenvalue weighted by Gasteiger charge is -2.11. The van der Waals surface area contributed by atoms with Gasteiger partial charge in [-0.1, -0.05) is 166 Å². The highest BCUT2D eigenvalue weighted by Gasteiger charge is 2.17. The molecule has 7 aromatic rings. The smallest absolute Gasteiger partial charge is 0.0540 e. The lowest BCUT2D eigenvalue weighted by Crippen LogP contribution is -2.18. The van der Waals surface area contributed by atoms with E-state index in [1.165, 1.54) is 72.9 Å². The van der Waals surface area contributed by atoms with E-state index in [-0.39, 0.29) is 0 Å². The second-order valence-corrected chi connectivity index (χ2v) is 16.1. The van der Waals surface area contributed by atoms with Gasteiger partial charge in [0.05, 0.1) is 9.40 Å². The monoisotopic (exact) mass is 748 g/mol. The predicted molar refractivity (Wildman–Crippen MR) is 251 cm³/mol. The van der Waals surface area contributed by atoms with Crippen LogP contribution in [0.15, 0.2) is 169 Å². The summed E-state index contributed by atoms with van der Waals surface area (Å²) in [6, 6.07) is 39.4. The quantitative estimate of drug-likeness (QED) is 0.129. The second-order valence-electron chi connectivity index (χ2n) is 14.0. The highest BCUT2D eigenvalue weighted by atomic mass is 32.1. The molecular formula is C53H48S2. The molecule has 2 aromatic heterocycles. The Balaban J connectivity index is 1.35. The van der Waals surface area contributed by atoms with Crippen molar-refractivity contribution in [3.63, 3.8) is 0 Å². The molecule has 5 aromatic carbocycles. The summed E-state index contributed by atoms with van der Waals surface area (Å²) in [5.74, 6) is 0. The molecule has 272 valence electrons. The number of hydrogen-bond acceptors (Lipinski definition) is 2. The van der Waals surface area contributed by atoms with Crippen LogP contribution in [0.1, 0.15) is 58.6 Å². The van der Waals surface area contributed by atoms with Gasteiger partial charge in [0.2, 0.25) is 0 Å². The van der Waals surface area contributed by atoms with Gasteiger partial charge in [0.25, 0.3) is 0 Å². The van der Waals surface area contributed by atoms with E-state index in [0.717, 1.165) is 40.5 Å². The normalized spacial score (nSPS) is 13.6. The van der Waals surface area contributed by atoms with Gasteiger partial charge in [0.1, 0.15) is 0 Å². The average molecular weight is 749 g/mol. The minimum atomic E-state index is 0.829. The van der Waals surface area contributed by atoms with Gasteiger partial charge in [0.15, 0.2) is 0 Å². The van der Waals surface area contributed by atoms with Gasteiger partial charge in [-0.25, -0.2) is 0 Å². The van der Waals surface area contributed by atoms with Crippen molar-refractivity contribution >= 4 is 97.8 Å². The zero-order valence-electron chi connectivity index (χ0n) is 32.6. The summed E-state index contributed by atoms with van der Waals surface area (Å²) in [6.45, 7) is 19.7. The van der Waals surface area contributed by atoms with Crippen LogP contribution in [-0.4, -0.2) is 0 Å². The van der Waals surface area contributed by atoms with Gasteiger partial charge in [-0.05, 0) is 112 Å². The summed E-state index contributed by atoms with van der Waals surface area (Å²) in [5, 5.41) is 10.5.